The van der Waals surface area contributed by atoms with Crippen LogP contribution in [0, 0.1) is 6.92 Å². The van der Waals surface area contributed by atoms with Crippen LogP contribution < -0.4 is 4.74 Å². The van der Waals surface area contributed by atoms with Crippen molar-refractivity contribution in [2.24, 2.45) is 0 Å². The molecular formula is C17H16N2O. The van der Waals surface area contributed by atoms with E-state index in [9.17, 15) is 0 Å². The lowest BCUT2D eigenvalue weighted by Gasteiger charge is -2.04. The number of ether oxygens (including phenoxy) is 1. The molecule has 0 aliphatic carbocycles. The summed E-state index contributed by atoms with van der Waals surface area (Å²) in [5, 5.41) is 4.44. The van der Waals surface area contributed by atoms with Crippen LogP contribution in [0.25, 0.3) is 16.8 Å². The van der Waals surface area contributed by atoms with Gasteiger partial charge in [-0.2, -0.15) is 5.10 Å². The van der Waals surface area contributed by atoms with Crippen molar-refractivity contribution in [1.29, 1.82) is 0 Å². The molecule has 0 fully saturated rings. The fourth-order valence-corrected chi connectivity index (χ4v) is 2.25. The molecule has 100 valence electrons. The number of hydrogen-bond acceptors (Lipinski definition) is 2. The van der Waals surface area contributed by atoms with Crippen LogP contribution in [0.1, 0.15) is 5.56 Å². The highest BCUT2D eigenvalue weighted by molar-refractivity contribution is 5.66. The SMILES string of the molecule is COc1cccc(-n2cc(-c3ccccc3C)cn2)c1. The molecule has 1 aromatic heterocycles. The molecule has 0 atom stereocenters. The van der Waals surface area contributed by atoms with Crippen LogP contribution in [-0.4, -0.2) is 16.9 Å². The first kappa shape index (κ1) is 12.5. The second-order valence-electron chi connectivity index (χ2n) is 4.69. The van der Waals surface area contributed by atoms with Gasteiger partial charge in [0.1, 0.15) is 5.75 Å². The zero-order valence-corrected chi connectivity index (χ0v) is 11.6. The van der Waals surface area contributed by atoms with E-state index < -0.39 is 0 Å². The highest BCUT2D eigenvalue weighted by atomic mass is 16.5. The molecule has 0 radical (unpaired) electrons. The zero-order chi connectivity index (χ0) is 13.9. The Morgan fingerprint density at radius 2 is 1.90 bits per heavy atom. The summed E-state index contributed by atoms with van der Waals surface area (Å²) in [5.41, 5.74) is 4.56. The number of aryl methyl sites for hydroxylation is 1. The van der Waals surface area contributed by atoms with Gasteiger partial charge in [-0.3, -0.25) is 0 Å². The third kappa shape index (κ3) is 2.30. The van der Waals surface area contributed by atoms with Crippen molar-refractivity contribution in [3.05, 3.63) is 66.5 Å². The van der Waals surface area contributed by atoms with Gasteiger partial charge >= 0.3 is 0 Å². The summed E-state index contributed by atoms with van der Waals surface area (Å²) in [7, 11) is 1.67. The first-order chi connectivity index (χ1) is 9.78. The molecule has 0 saturated heterocycles. The summed E-state index contributed by atoms with van der Waals surface area (Å²) in [6, 6.07) is 16.2. The van der Waals surface area contributed by atoms with E-state index >= 15 is 0 Å². The molecule has 0 N–H and O–H groups in total. The minimum absolute atomic E-state index is 0.829. The molecule has 0 spiro atoms. The normalized spacial score (nSPS) is 10.5. The van der Waals surface area contributed by atoms with E-state index in [0.717, 1.165) is 17.0 Å². The Balaban J connectivity index is 2.00. The molecule has 0 aliphatic heterocycles. The van der Waals surface area contributed by atoms with Crippen molar-refractivity contribution in [1.82, 2.24) is 9.78 Å². The fraction of sp³-hybridized carbons (Fsp3) is 0.118. The Bertz CT molecular complexity index is 731. The van der Waals surface area contributed by atoms with Gasteiger partial charge in [0.25, 0.3) is 0 Å². The van der Waals surface area contributed by atoms with E-state index in [1.165, 1.54) is 11.1 Å². The molecule has 3 nitrogen and oxygen atoms in total. The van der Waals surface area contributed by atoms with Crippen molar-refractivity contribution < 1.29 is 4.74 Å². The smallest absolute Gasteiger partial charge is 0.121 e. The third-order valence-electron chi connectivity index (χ3n) is 3.36. The summed E-state index contributed by atoms with van der Waals surface area (Å²) in [6.07, 6.45) is 3.93. The standard InChI is InChI=1S/C17H16N2O/c1-13-6-3-4-9-17(13)14-11-18-19(12-14)15-7-5-8-16(10-15)20-2/h3-12H,1-2H3. The molecule has 3 heteroatoms. The maximum absolute atomic E-state index is 5.25. The topological polar surface area (TPSA) is 27.1 Å². The number of hydrogen-bond donors (Lipinski definition) is 0. The molecule has 0 bridgehead atoms. The maximum atomic E-state index is 5.25. The minimum atomic E-state index is 0.829. The second kappa shape index (κ2) is 5.21. The molecule has 0 saturated carbocycles. The average Bonchev–Trinajstić information content (AvgIpc) is 2.97. The lowest BCUT2D eigenvalue weighted by Crippen LogP contribution is -1.94. The molecule has 0 unspecified atom stereocenters. The van der Waals surface area contributed by atoms with Crippen molar-refractivity contribution >= 4 is 0 Å². The van der Waals surface area contributed by atoms with Gasteiger partial charge in [0.15, 0.2) is 0 Å². The van der Waals surface area contributed by atoms with Crippen LogP contribution >= 0.6 is 0 Å². The van der Waals surface area contributed by atoms with Crippen molar-refractivity contribution in [2.45, 2.75) is 6.92 Å². The zero-order valence-electron chi connectivity index (χ0n) is 11.6. The summed E-state index contributed by atoms with van der Waals surface area (Å²) < 4.78 is 7.11. The summed E-state index contributed by atoms with van der Waals surface area (Å²) >= 11 is 0. The van der Waals surface area contributed by atoms with Crippen LogP contribution in [0.4, 0.5) is 0 Å². The Labute approximate surface area is 118 Å². The average molecular weight is 264 g/mol. The molecule has 3 aromatic rings. The van der Waals surface area contributed by atoms with Crippen molar-refractivity contribution in [2.75, 3.05) is 7.11 Å². The van der Waals surface area contributed by atoms with Gasteiger partial charge in [-0.1, -0.05) is 30.3 Å². The largest absolute Gasteiger partial charge is 0.497 e. The molecule has 2 aromatic carbocycles. The van der Waals surface area contributed by atoms with Crippen LogP contribution in [0.15, 0.2) is 60.9 Å². The molecule has 3 rings (SSSR count). The fourth-order valence-electron chi connectivity index (χ4n) is 2.25. The van der Waals surface area contributed by atoms with E-state index in [2.05, 4.69) is 24.2 Å². The van der Waals surface area contributed by atoms with E-state index in [-0.39, 0.29) is 0 Å². The van der Waals surface area contributed by atoms with Crippen LogP contribution in [-0.2, 0) is 0 Å². The second-order valence-corrected chi connectivity index (χ2v) is 4.69. The minimum Gasteiger partial charge on any atom is -0.497 e. The first-order valence-corrected chi connectivity index (χ1v) is 6.53. The Hall–Kier alpha value is -2.55. The van der Waals surface area contributed by atoms with E-state index in [0.29, 0.717) is 0 Å². The van der Waals surface area contributed by atoms with E-state index in [4.69, 9.17) is 4.74 Å². The van der Waals surface area contributed by atoms with Gasteiger partial charge in [-0.25, -0.2) is 4.68 Å². The predicted octanol–water partition coefficient (Wildman–Crippen LogP) is 3.86. The summed E-state index contributed by atoms with van der Waals surface area (Å²) in [6.45, 7) is 2.11. The Morgan fingerprint density at radius 1 is 1.05 bits per heavy atom. The lowest BCUT2D eigenvalue weighted by molar-refractivity contribution is 0.414. The van der Waals surface area contributed by atoms with Gasteiger partial charge < -0.3 is 4.74 Å². The molecular weight excluding hydrogens is 248 g/mol. The van der Waals surface area contributed by atoms with Crippen LogP contribution in [0.3, 0.4) is 0 Å². The van der Waals surface area contributed by atoms with Gasteiger partial charge in [-0.05, 0) is 30.2 Å². The molecule has 0 amide bonds. The van der Waals surface area contributed by atoms with E-state index in [1.54, 1.807) is 7.11 Å². The monoisotopic (exact) mass is 264 g/mol. The number of rotatable bonds is 3. The van der Waals surface area contributed by atoms with Gasteiger partial charge in [0.05, 0.1) is 19.0 Å². The van der Waals surface area contributed by atoms with Gasteiger partial charge in [0.2, 0.25) is 0 Å². The summed E-state index contributed by atoms with van der Waals surface area (Å²) in [4.78, 5) is 0. The molecule has 0 aliphatic rings. The highest BCUT2D eigenvalue weighted by Gasteiger charge is 2.06. The predicted molar refractivity (Wildman–Crippen MR) is 80.3 cm³/mol. The maximum Gasteiger partial charge on any atom is 0.121 e. The number of nitrogens with zero attached hydrogens (tertiary/aromatic N) is 2. The van der Waals surface area contributed by atoms with Gasteiger partial charge in [0, 0.05) is 17.8 Å². The lowest BCUT2D eigenvalue weighted by atomic mass is 10.0. The number of aromatic nitrogens is 2. The number of methoxy groups -OCH3 is 1. The molecule has 1 heterocycles. The van der Waals surface area contributed by atoms with E-state index in [1.807, 2.05) is 53.5 Å². The third-order valence-corrected chi connectivity index (χ3v) is 3.36. The highest BCUT2D eigenvalue weighted by Crippen LogP contribution is 2.24. The van der Waals surface area contributed by atoms with Gasteiger partial charge in [-0.15, -0.1) is 0 Å². The Kier molecular flexibility index (Phi) is 3.25. The Morgan fingerprint density at radius 3 is 2.70 bits per heavy atom. The van der Waals surface area contributed by atoms with Crippen LogP contribution in [0.5, 0.6) is 5.75 Å². The van der Waals surface area contributed by atoms with Crippen molar-refractivity contribution in [3.8, 4) is 22.6 Å². The quantitative estimate of drug-likeness (QED) is 0.718. The summed E-state index contributed by atoms with van der Waals surface area (Å²) in [5.74, 6) is 0.829. The number of benzene rings is 2. The first-order valence-electron chi connectivity index (χ1n) is 6.53. The molecule has 20 heavy (non-hydrogen) atoms. The van der Waals surface area contributed by atoms with Crippen molar-refractivity contribution in [3.63, 3.8) is 0 Å². The van der Waals surface area contributed by atoms with Crippen LogP contribution in [0.2, 0.25) is 0 Å².